The number of carbonyl (C=O) groups excluding carboxylic acids is 3. The standard InChI is InChI=1S/C22H28O4/c1-20-7-3-13(23)11-17(20)18(24)12-14-15(20)4-8-21(2)16(14)5-9-22(21)10-6-19(25)26-22/h11,14-16H,3-10,12H2,1-2H3/t14?,15?,16?,20-,21+,22-/m1/s1. The van der Waals surface area contributed by atoms with Crippen LogP contribution in [0.2, 0.25) is 0 Å². The first-order valence-electron chi connectivity index (χ1n) is 10.3. The molecule has 4 nitrogen and oxygen atoms in total. The Balaban J connectivity index is 1.53. The van der Waals surface area contributed by atoms with E-state index in [9.17, 15) is 14.4 Å². The van der Waals surface area contributed by atoms with Gasteiger partial charge >= 0.3 is 5.97 Å². The van der Waals surface area contributed by atoms with Crippen LogP contribution in [-0.2, 0) is 19.1 Å². The van der Waals surface area contributed by atoms with E-state index in [-0.39, 0.29) is 34.0 Å². The number of hydrogen-bond acceptors (Lipinski definition) is 4. The van der Waals surface area contributed by atoms with E-state index in [0.717, 1.165) is 44.1 Å². The number of ether oxygens (including phenoxy) is 1. The number of allylic oxidation sites excluding steroid dienone is 1. The Morgan fingerprint density at radius 2 is 1.73 bits per heavy atom. The Morgan fingerprint density at radius 3 is 2.46 bits per heavy atom. The van der Waals surface area contributed by atoms with E-state index in [1.54, 1.807) is 6.08 Å². The van der Waals surface area contributed by atoms with E-state index in [1.165, 1.54) is 0 Å². The number of ketones is 2. The lowest BCUT2D eigenvalue weighted by atomic mass is 9.46. The lowest BCUT2D eigenvalue weighted by Gasteiger charge is -2.58. The molecule has 1 saturated heterocycles. The van der Waals surface area contributed by atoms with Gasteiger partial charge in [0.1, 0.15) is 5.60 Å². The van der Waals surface area contributed by atoms with Crippen molar-refractivity contribution in [1.82, 2.24) is 0 Å². The zero-order valence-corrected chi connectivity index (χ0v) is 15.8. The molecular formula is C22H28O4. The number of Topliss-reactive ketones (excluding diaryl/α,β-unsaturated/α-hetero) is 1. The molecule has 140 valence electrons. The van der Waals surface area contributed by atoms with Gasteiger partial charge in [-0.15, -0.1) is 0 Å². The molecule has 26 heavy (non-hydrogen) atoms. The predicted molar refractivity (Wildman–Crippen MR) is 95.2 cm³/mol. The van der Waals surface area contributed by atoms with Gasteiger partial charge in [0.05, 0.1) is 0 Å². The number of fused-ring (bicyclic) bond motifs is 6. The molecule has 3 unspecified atom stereocenters. The Labute approximate surface area is 154 Å². The van der Waals surface area contributed by atoms with Crippen LogP contribution in [0.3, 0.4) is 0 Å². The summed E-state index contributed by atoms with van der Waals surface area (Å²) >= 11 is 0. The van der Waals surface area contributed by atoms with Crippen molar-refractivity contribution in [2.24, 2.45) is 28.6 Å². The van der Waals surface area contributed by atoms with Gasteiger partial charge in [-0.3, -0.25) is 14.4 Å². The molecule has 0 aromatic heterocycles. The summed E-state index contributed by atoms with van der Waals surface area (Å²) in [6, 6.07) is 0. The molecule has 1 spiro atoms. The van der Waals surface area contributed by atoms with Crippen LogP contribution in [0.5, 0.6) is 0 Å². The fraction of sp³-hybridized carbons (Fsp3) is 0.773. The number of carbonyl (C=O) groups is 3. The van der Waals surface area contributed by atoms with E-state index in [1.807, 2.05) is 0 Å². The van der Waals surface area contributed by atoms with Gasteiger partial charge in [-0.05, 0) is 67.8 Å². The Kier molecular flexibility index (Phi) is 3.26. The zero-order valence-electron chi connectivity index (χ0n) is 15.8. The van der Waals surface area contributed by atoms with Gasteiger partial charge in [-0.25, -0.2) is 0 Å². The highest BCUT2D eigenvalue weighted by Gasteiger charge is 2.67. The second-order valence-electron chi connectivity index (χ2n) is 9.91. The molecule has 6 atom stereocenters. The van der Waals surface area contributed by atoms with Gasteiger partial charge in [0, 0.05) is 30.3 Å². The lowest BCUT2D eigenvalue weighted by molar-refractivity contribution is -0.169. The normalized spacial score (nSPS) is 50.2. The summed E-state index contributed by atoms with van der Waals surface area (Å²) in [6.45, 7) is 4.55. The van der Waals surface area contributed by atoms with Crippen LogP contribution in [0.15, 0.2) is 11.6 Å². The van der Waals surface area contributed by atoms with Crippen molar-refractivity contribution in [2.75, 3.05) is 0 Å². The SMILES string of the molecule is C[C@]12CCC(=O)C=C1C(=O)CC1C2CC[C@@]2(C)C1CC[C@@]21CCC(=O)O1. The zero-order chi connectivity index (χ0) is 18.3. The minimum Gasteiger partial charge on any atom is -0.458 e. The van der Waals surface area contributed by atoms with Gasteiger partial charge in [0.25, 0.3) is 0 Å². The summed E-state index contributed by atoms with van der Waals surface area (Å²) in [5.74, 6) is 1.56. The van der Waals surface area contributed by atoms with E-state index >= 15 is 0 Å². The molecule has 0 aromatic rings. The Morgan fingerprint density at radius 1 is 0.962 bits per heavy atom. The summed E-state index contributed by atoms with van der Waals surface area (Å²) in [4.78, 5) is 36.8. The van der Waals surface area contributed by atoms with Crippen LogP contribution in [0.4, 0.5) is 0 Å². The summed E-state index contributed by atoms with van der Waals surface area (Å²) < 4.78 is 5.95. The molecule has 3 saturated carbocycles. The van der Waals surface area contributed by atoms with Crippen LogP contribution < -0.4 is 0 Å². The maximum atomic E-state index is 13.0. The third kappa shape index (κ3) is 1.88. The molecule has 0 N–H and O–H groups in total. The number of esters is 1. The summed E-state index contributed by atoms with van der Waals surface area (Å²) in [5, 5.41) is 0. The van der Waals surface area contributed by atoms with Gasteiger partial charge in [0.15, 0.2) is 11.6 Å². The molecule has 4 heteroatoms. The summed E-state index contributed by atoms with van der Waals surface area (Å²) in [6.07, 6.45) is 9.16. The van der Waals surface area contributed by atoms with Crippen molar-refractivity contribution in [3.05, 3.63) is 11.6 Å². The molecule has 0 aromatic carbocycles. The fourth-order valence-electron chi connectivity index (χ4n) is 7.68. The first-order valence-corrected chi connectivity index (χ1v) is 10.3. The summed E-state index contributed by atoms with van der Waals surface area (Å²) in [7, 11) is 0. The van der Waals surface area contributed by atoms with Crippen molar-refractivity contribution in [3.63, 3.8) is 0 Å². The average Bonchev–Trinajstić information content (AvgIpc) is 3.11. The largest absolute Gasteiger partial charge is 0.458 e. The minimum atomic E-state index is -0.289. The highest BCUT2D eigenvalue weighted by molar-refractivity contribution is 6.05. The topological polar surface area (TPSA) is 60.4 Å². The second kappa shape index (κ2) is 5.08. The van der Waals surface area contributed by atoms with Crippen molar-refractivity contribution in [2.45, 2.75) is 77.2 Å². The van der Waals surface area contributed by atoms with E-state index < -0.39 is 0 Å². The molecular weight excluding hydrogens is 328 g/mol. The molecule has 5 rings (SSSR count). The third-order valence-electron chi connectivity index (χ3n) is 9.12. The van der Waals surface area contributed by atoms with Gasteiger partial charge in [0.2, 0.25) is 0 Å². The smallest absolute Gasteiger partial charge is 0.306 e. The molecule has 0 bridgehead atoms. The molecule has 0 amide bonds. The third-order valence-corrected chi connectivity index (χ3v) is 9.12. The monoisotopic (exact) mass is 356 g/mol. The highest BCUT2D eigenvalue weighted by atomic mass is 16.6. The second-order valence-corrected chi connectivity index (χ2v) is 9.91. The van der Waals surface area contributed by atoms with Crippen molar-refractivity contribution in [1.29, 1.82) is 0 Å². The van der Waals surface area contributed by atoms with Gasteiger partial charge < -0.3 is 4.74 Å². The fourth-order valence-corrected chi connectivity index (χ4v) is 7.68. The van der Waals surface area contributed by atoms with Crippen molar-refractivity contribution >= 4 is 17.5 Å². The van der Waals surface area contributed by atoms with Crippen LogP contribution in [-0.4, -0.2) is 23.1 Å². The average molecular weight is 356 g/mol. The molecule has 0 radical (unpaired) electrons. The maximum Gasteiger partial charge on any atom is 0.306 e. The number of hydrogen-bond donors (Lipinski definition) is 0. The molecule has 4 fully saturated rings. The Bertz CT molecular complexity index is 751. The minimum absolute atomic E-state index is 0.00265. The van der Waals surface area contributed by atoms with E-state index in [2.05, 4.69) is 13.8 Å². The Hall–Kier alpha value is -1.45. The van der Waals surface area contributed by atoms with Gasteiger partial charge in [-0.1, -0.05) is 13.8 Å². The van der Waals surface area contributed by atoms with Gasteiger partial charge in [-0.2, -0.15) is 0 Å². The highest BCUT2D eigenvalue weighted by Crippen LogP contribution is 2.69. The molecule has 5 aliphatic rings. The first kappa shape index (κ1) is 16.7. The molecule has 1 heterocycles. The van der Waals surface area contributed by atoms with Crippen LogP contribution in [0.1, 0.15) is 71.6 Å². The van der Waals surface area contributed by atoms with Crippen molar-refractivity contribution < 1.29 is 19.1 Å². The quantitative estimate of drug-likeness (QED) is 0.620. The molecule has 1 aliphatic heterocycles. The van der Waals surface area contributed by atoms with Crippen LogP contribution in [0, 0.1) is 28.6 Å². The first-order chi connectivity index (χ1) is 12.3. The molecule has 4 aliphatic carbocycles. The number of rotatable bonds is 0. The lowest BCUT2D eigenvalue weighted by Crippen LogP contribution is -2.56. The van der Waals surface area contributed by atoms with E-state index in [0.29, 0.717) is 37.0 Å². The maximum absolute atomic E-state index is 13.0. The van der Waals surface area contributed by atoms with Crippen LogP contribution in [0.25, 0.3) is 0 Å². The predicted octanol–water partition coefficient (Wildman–Crippen LogP) is 3.77. The van der Waals surface area contributed by atoms with E-state index in [4.69, 9.17) is 4.74 Å². The van der Waals surface area contributed by atoms with Crippen LogP contribution >= 0.6 is 0 Å². The summed E-state index contributed by atoms with van der Waals surface area (Å²) in [5.41, 5.74) is 0.376. The van der Waals surface area contributed by atoms with Crippen molar-refractivity contribution in [3.8, 4) is 0 Å².